The number of morpholine rings is 1. The number of nitrogens with zero attached hydrogens (tertiary/aromatic N) is 4. The van der Waals surface area contributed by atoms with Crippen LogP contribution in [0, 0.1) is 0 Å². The summed E-state index contributed by atoms with van der Waals surface area (Å²) >= 11 is 0. The van der Waals surface area contributed by atoms with Crippen molar-refractivity contribution in [2.75, 3.05) is 36.5 Å². The van der Waals surface area contributed by atoms with E-state index in [0.29, 0.717) is 18.3 Å². The average Bonchev–Trinajstić information content (AvgIpc) is 2.63. The predicted octanol–water partition coefficient (Wildman–Crippen LogP) is 2.72. The van der Waals surface area contributed by atoms with Gasteiger partial charge in [-0.25, -0.2) is 4.99 Å². The molecule has 0 amide bonds. The van der Waals surface area contributed by atoms with E-state index in [1.807, 2.05) is 24.3 Å². The minimum absolute atomic E-state index is 0.156. The standard InChI is InChI=1S/C17H18FN5O/c18-23-12-13-5-6-19-11-15(13)21-17(23)20-14-3-1-2-4-16(14)22-7-9-24-10-8-22/h1-6,11H,7-10,12H2,(H,20,21). The Morgan fingerprint density at radius 1 is 1.17 bits per heavy atom. The van der Waals surface area contributed by atoms with Gasteiger partial charge >= 0.3 is 0 Å². The molecule has 3 heterocycles. The fraction of sp³-hybridized carbons (Fsp3) is 0.294. The highest BCUT2D eigenvalue weighted by Gasteiger charge is 2.22. The molecule has 1 saturated heterocycles. The zero-order valence-corrected chi connectivity index (χ0v) is 13.2. The fourth-order valence-corrected chi connectivity index (χ4v) is 2.91. The number of aliphatic imine (C=N–C) groups is 1. The van der Waals surface area contributed by atoms with Gasteiger partial charge in [-0.1, -0.05) is 16.6 Å². The van der Waals surface area contributed by atoms with E-state index in [4.69, 9.17) is 4.74 Å². The molecule has 0 aliphatic carbocycles. The summed E-state index contributed by atoms with van der Waals surface area (Å²) in [5.74, 6) is 0.177. The predicted molar refractivity (Wildman–Crippen MR) is 91.1 cm³/mol. The van der Waals surface area contributed by atoms with Gasteiger partial charge < -0.3 is 15.0 Å². The number of hydrogen-bond acceptors (Lipinski definition) is 4. The number of guanidine groups is 1. The first-order chi connectivity index (χ1) is 11.8. The van der Waals surface area contributed by atoms with Crippen LogP contribution in [-0.2, 0) is 11.3 Å². The number of rotatable bonds is 2. The van der Waals surface area contributed by atoms with Gasteiger partial charge in [-0.2, -0.15) is 5.12 Å². The molecular formula is C17H18FN5O. The van der Waals surface area contributed by atoms with E-state index in [-0.39, 0.29) is 12.5 Å². The fourth-order valence-electron chi connectivity index (χ4n) is 2.91. The number of pyridine rings is 1. The molecule has 7 heteroatoms. The van der Waals surface area contributed by atoms with Gasteiger partial charge in [-0.3, -0.25) is 4.98 Å². The molecule has 2 aromatic rings. The first-order valence-electron chi connectivity index (χ1n) is 7.95. The molecule has 1 aromatic heterocycles. The van der Waals surface area contributed by atoms with Gasteiger partial charge in [0.2, 0.25) is 5.96 Å². The number of hydrogen-bond donors (Lipinski definition) is 1. The molecule has 1 fully saturated rings. The van der Waals surface area contributed by atoms with Crippen LogP contribution in [0.2, 0.25) is 0 Å². The SMILES string of the molecule is FN1Cc2ccncc2NC1=Nc1ccccc1N1CCOCC1. The summed E-state index contributed by atoms with van der Waals surface area (Å²) in [5.41, 5.74) is 3.36. The van der Waals surface area contributed by atoms with E-state index in [1.165, 1.54) is 0 Å². The molecule has 0 bridgehead atoms. The van der Waals surface area contributed by atoms with Crippen LogP contribution in [0.15, 0.2) is 47.7 Å². The second-order valence-electron chi connectivity index (χ2n) is 5.70. The quantitative estimate of drug-likeness (QED) is 0.860. The zero-order chi connectivity index (χ0) is 16.4. The van der Waals surface area contributed by atoms with Gasteiger partial charge in [0, 0.05) is 24.8 Å². The third-order valence-electron chi connectivity index (χ3n) is 4.16. The van der Waals surface area contributed by atoms with Gasteiger partial charge in [-0.05, 0) is 18.2 Å². The van der Waals surface area contributed by atoms with Crippen molar-refractivity contribution in [3.05, 3.63) is 48.3 Å². The van der Waals surface area contributed by atoms with Gasteiger partial charge in [0.15, 0.2) is 0 Å². The highest BCUT2D eigenvalue weighted by molar-refractivity contribution is 5.97. The van der Waals surface area contributed by atoms with E-state index in [1.54, 1.807) is 18.5 Å². The summed E-state index contributed by atoms with van der Waals surface area (Å²) in [7, 11) is 0. The summed E-state index contributed by atoms with van der Waals surface area (Å²) in [4.78, 5) is 10.8. The van der Waals surface area contributed by atoms with Crippen LogP contribution in [0.3, 0.4) is 0 Å². The maximum atomic E-state index is 14.4. The number of halogens is 1. The number of ether oxygens (including phenoxy) is 1. The first kappa shape index (κ1) is 14.9. The number of fused-ring (bicyclic) bond motifs is 1. The molecule has 1 aromatic carbocycles. The second-order valence-corrected chi connectivity index (χ2v) is 5.70. The molecular weight excluding hydrogens is 309 g/mol. The molecule has 0 saturated carbocycles. The molecule has 0 unspecified atom stereocenters. The first-order valence-corrected chi connectivity index (χ1v) is 7.95. The van der Waals surface area contributed by atoms with Crippen LogP contribution in [-0.4, -0.2) is 42.4 Å². The molecule has 0 spiro atoms. The molecule has 1 N–H and O–H groups in total. The van der Waals surface area contributed by atoms with Crippen LogP contribution in [0.4, 0.5) is 21.5 Å². The van der Waals surface area contributed by atoms with Crippen molar-refractivity contribution in [2.24, 2.45) is 4.99 Å². The maximum absolute atomic E-state index is 14.4. The van der Waals surface area contributed by atoms with E-state index in [0.717, 1.165) is 35.7 Å². The lowest BCUT2D eigenvalue weighted by molar-refractivity contribution is 0.109. The molecule has 2 aliphatic rings. The number of anilines is 2. The van der Waals surface area contributed by atoms with E-state index in [9.17, 15) is 4.48 Å². The van der Waals surface area contributed by atoms with Crippen molar-refractivity contribution in [3.63, 3.8) is 0 Å². The highest BCUT2D eigenvalue weighted by Crippen LogP contribution is 2.31. The molecule has 124 valence electrons. The summed E-state index contributed by atoms with van der Waals surface area (Å²) in [6.45, 7) is 3.15. The lowest BCUT2D eigenvalue weighted by Crippen LogP contribution is -2.36. The summed E-state index contributed by atoms with van der Waals surface area (Å²) in [6, 6.07) is 9.57. The Labute approximate surface area is 139 Å². The third kappa shape index (κ3) is 2.90. The number of nitrogens with one attached hydrogen (secondary N) is 1. The Bertz CT molecular complexity index is 760. The van der Waals surface area contributed by atoms with Crippen molar-refractivity contribution >= 4 is 23.0 Å². The molecule has 4 rings (SSSR count). The maximum Gasteiger partial charge on any atom is 0.232 e. The Balaban J connectivity index is 1.66. The highest BCUT2D eigenvalue weighted by atomic mass is 19.2. The monoisotopic (exact) mass is 327 g/mol. The number of benzene rings is 1. The van der Waals surface area contributed by atoms with Crippen LogP contribution >= 0.6 is 0 Å². The Hall–Kier alpha value is -2.67. The summed E-state index contributed by atoms with van der Waals surface area (Å²) < 4.78 is 19.8. The minimum atomic E-state index is 0.156. The van der Waals surface area contributed by atoms with E-state index < -0.39 is 0 Å². The Morgan fingerprint density at radius 2 is 2.00 bits per heavy atom. The van der Waals surface area contributed by atoms with Gasteiger partial charge in [0.1, 0.15) is 0 Å². The van der Waals surface area contributed by atoms with Crippen LogP contribution < -0.4 is 10.2 Å². The minimum Gasteiger partial charge on any atom is -0.378 e. The summed E-state index contributed by atoms with van der Waals surface area (Å²) in [6.07, 6.45) is 3.34. The smallest absolute Gasteiger partial charge is 0.232 e. The number of para-hydroxylation sites is 2. The van der Waals surface area contributed by atoms with Crippen molar-refractivity contribution < 1.29 is 9.22 Å². The molecule has 2 aliphatic heterocycles. The number of aromatic nitrogens is 1. The molecule has 0 atom stereocenters. The van der Waals surface area contributed by atoms with E-state index >= 15 is 0 Å². The van der Waals surface area contributed by atoms with Gasteiger partial charge in [0.05, 0.1) is 43.0 Å². The van der Waals surface area contributed by atoms with Crippen molar-refractivity contribution in [1.29, 1.82) is 0 Å². The molecule has 0 radical (unpaired) electrons. The summed E-state index contributed by atoms with van der Waals surface area (Å²) in [5, 5.41) is 3.64. The second kappa shape index (κ2) is 6.45. The third-order valence-corrected chi connectivity index (χ3v) is 4.16. The topological polar surface area (TPSA) is 53.0 Å². The largest absolute Gasteiger partial charge is 0.378 e. The van der Waals surface area contributed by atoms with Gasteiger partial charge in [-0.15, -0.1) is 0 Å². The zero-order valence-electron chi connectivity index (χ0n) is 13.2. The molecule has 6 nitrogen and oxygen atoms in total. The Kier molecular flexibility index (Phi) is 4.00. The van der Waals surface area contributed by atoms with Crippen molar-refractivity contribution in [2.45, 2.75) is 6.54 Å². The Morgan fingerprint density at radius 3 is 2.88 bits per heavy atom. The van der Waals surface area contributed by atoms with Crippen molar-refractivity contribution in [3.8, 4) is 0 Å². The van der Waals surface area contributed by atoms with Crippen LogP contribution in [0.1, 0.15) is 5.56 Å². The normalized spacial score (nSPS) is 19.1. The average molecular weight is 327 g/mol. The lowest BCUT2D eigenvalue weighted by atomic mass is 10.2. The van der Waals surface area contributed by atoms with Crippen molar-refractivity contribution in [1.82, 2.24) is 10.1 Å². The van der Waals surface area contributed by atoms with Crippen LogP contribution in [0.5, 0.6) is 0 Å². The molecule has 24 heavy (non-hydrogen) atoms. The lowest BCUT2D eigenvalue weighted by Gasteiger charge is -2.30. The van der Waals surface area contributed by atoms with Gasteiger partial charge in [0.25, 0.3) is 0 Å². The van der Waals surface area contributed by atoms with E-state index in [2.05, 4.69) is 20.2 Å². The van der Waals surface area contributed by atoms with Crippen LogP contribution in [0.25, 0.3) is 0 Å².